The predicted octanol–water partition coefficient (Wildman–Crippen LogP) is -0.699. The monoisotopic (exact) mass is 506 g/mol. The third-order valence-electron chi connectivity index (χ3n) is 6.91. The summed E-state index contributed by atoms with van der Waals surface area (Å²) in [6.07, 6.45) is -2.15. The van der Waals surface area contributed by atoms with Gasteiger partial charge in [0.15, 0.2) is 36.1 Å². The van der Waals surface area contributed by atoms with Gasteiger partial charge in [-0.1, -0.05) is 6.07 Å². The van der Waals surface area contributed by atoms with Crippen LogP contribution in [0.5, 0.6) is 0 Å². The lowest BCUT2D eigenvalue weighted by Crippen LogP contribution is -2.60. The lowest BCUT2D eigenvalue weighted by Gasteiger charge is -2.38. The van der Waals surface area contributed by atoms with Crippen molar-refractivity contribution in [2.24, 2.45) is 0 Å². The molecule has 4 saturated heterocycles. The molecule has 36 heavy (non-hydrogen) atoms. The Hall–Kier alpha value is -2.16. The molecule has 1 aromatic carbocycles. The van der Waals surface area contributed by atoms with Crippen LogP contribution < -0.4 is 21.3 Å². The van der Waals surface area contributed by atoms with Gasteiger partial charge in [-0.2, -0.15) is 0 Å². The number of carbonyl (C=O) groups excluding carboxylic acids is 2. The van der Waals surface area contributed by atoms with E-state index in [2.05, 4.69) is 21.3 Å². The maximum absolute atomic E-state index is 13.3. The first-order valence-corrected chi connectivity index (χ1v) is 12.4. The van der Waals surface area contributed by atoms with E-state index in [-0.39, 0.29) is 11.1 Å². The average Bonchev–Trinajstić information content (AvgIpc) is 3.71. The summed E-state index contributed by atoms with van der Waals surface area (Å²) in [7, 11) is 0. The molecule has 0 amide bonds. The Labute approximate surface area is 209 Å². The molecule has 0 aromatic heterocycles. The summed E-state index contributed by atoms with van der Waals surface area (Å²) in [4.78, 5) is 26.5. The number of ether oxygens (including phenoxy) is 6. The first-order chi connectivity index (χ1) is 17.4. The molecule has 5 rings (SSSR count). The van der Waals surface area contributed by atoms with E-state index in [0.29, 0.717) is 52.6 Å². The van der Waals surface area contributed by atoms with Crippen LogP contribution in [0, 0.1) is 0 Å². The fraction of sp³-hybridized carbons (Fsp3) is 0.667. The van der Waals surface area contributed by atoms with Gasteiger partial charge in [0.1, 0.15) is 0 Å². The second kappa shape index (κ2) is 10.7. The van der Waals surface area contributed by atoms with Crippen molar-refractivity contribution >= 4 is 11.9 Å². The molecular formula is C24H34N4O8. The molecule has 4 atom stereocenters. The minimum absolute atomic E-state index is 0.207. The fourth-order valence-corrected chi connectivity index (χ4v) is 4.95. The average molecular weight is 507 g/mol. The molecule has 4 fully saturated rings. The minimum atomic E-state index is -1.13. The smallest absolute Gasteiger partial charge is 0.338 e. The molecule has 4 unspecified atom stereocenters. The Morgan fingerprint density at radius 2 is 1.03 bits per heavy atom. The Bertz CT molecular complexity index is 835. The van der Waals surface area contributed by atoms with Gasteiger partial charge in [-0.15, -0.1) is 0 Å². The lowest BCUT2D eigenvalue weighted by atomic mass is 10.0. The van der Waals surface area contributed by atoms with Gasteiger partial charge in [0.25, 0.3) is 0 Å². The van der Waals surface area contributed by atoms with Crippen molar-refractivity contribution < 1.29 is 38.0 Å². The number of esters is 2. The van der Waals surface area contributed by atoms with Crippen molar-refractivity contribution in [3.63, 3.8) is 0 Å². The van der Waals surface area contributed by atoms with E-state index < -0.39 is 48.1 Å². The van der Waals surface area contributed by atoms with E-state index >= 15 is 0 Å². The first-order valence-electron chi connectivity index (χ1n) is 12.4. The Balaban J connectivity index is 1.32. The largest absolute Gasteiger partial charge is 0.447 e. The molecular weight excluding hydrogens is 472 g/mol. The van der Waals surface area contributed by atoms with E-state index in [1.165, 1.54) is 6.07 Å². The summed E-state index contributed by atoms with van der Waals surface area (Å²) >= 11 is 0. The maximum Gasteiger partial charge on any atom is 0.338 e. The van der Waals surface area contributed by atoms with Crippen LogP contribution >= 0.6 is 0 Å². The van der Waals surface area contributed by atoms with Crippen LogP contribution in [0.4, 0.5) is 0 Å². The van der Waals surface area contributed by atoms with E-state index in [9.17, 15) is 9.59 Å². The maximum atomic E-state index is 13.3. The predicted molar refractivity (Wildman–Crippen MR) is 125 cm³/mol. The lowest BCUT2D eigenvalue weighted by molar-refractivity contribution is -0.159. The highest BCUT2D eigenvalue weighted by Gasteiger charge is 2.51. The molecule has 4 heterocycles. The number of hydrogen-bond acceptors (Lipinski definition) is 12. The van der Waals surface area contributed by atoms with Crippen molar-refractivity contribution in [1.29, 1.82) is 0 Å². The summed E-state index contributed by atoms with van der Waals surface area (Å²) < 4.78 is 35.0. The summed E-state index contributed by atoms with van der Waals surface area (Å²) in [6.45, 7) is 8.12. The van der Waals surface area contributed by atoms with Crippen molar-refractivity contribution in [2.45, 2.75) is 50.0 Å². The zero-order valence-corrected chi connectivity index (χ0v) is 20.5. The third-order valence-corrected chi connectivity index (χ3v) is 6.91. The van der Waals surface area contributed by atoms with E-state index in [4.69, 9.17) is 28.4 Å². The molecule has 0 saturated carbocycles. The number of benzene rings is 1. The molecule has 0 aliphatic carbocycles. The van der Waals surface area contributed by atoms with E-state index in [1.54, 1.807) is 32.0 Å². The van der Waals surface area contributed by atoms with Gasteiger partial charge in [-0.3, -0.25) is 21.3 Å². The van der Waals surface area contributed by atoms with Gasteiger partial charge in [0, 0.05) is 26.2 Å². The molecule has 1 aromatic rings. The topological polar surface area (TPSA) is 138 Å². The second-order valence-corrected chi connectivity index (χ2v) is 9.55. The van der Waals surface area contributed by atoms with Gasteiger partial charge in [0.05, 0.1) is 37.6 Å². The van der Waals surface area contributed by atoms with Gasteiger partial charge in [-0.05, 0) is 32.0 Å². The molecule has 4 aliphatic rings. The highest BCUT2D eigenvalue weighted by atomic mass is 16.6. The van der Waals surface area contributed by atoms with E-state index in [0.717, 1.165) is 0 Å². The molecule has 0 spiro atoms. The molecule has 4 N–H and O–H groups in total. The first kappa shape index (κ1) is 25.5. The number of nitrogens with one attached hydrogen (secondary N) is 4. The molecule has 0 bridgehead atoms. The molecule has 198 valence electrons. The van der Waals surface area contributed by atoms with Crippen LogP contribution in [0.2, 0.25) is 0 Å². The zero-order chi connectivity index (χ0) is 25.2. The number of carbonyl (C=O) groups is 2. The molecule has 4 aliphatic heterocycles. The number of rotatable bonds is 8. The van der Waals surface area contributed by atoms with Crippen LogP contribution in [-0.4, -0.2) is 101 Å². The summed E-state index contributed by atoms with van der Waals surface area (Å²) in [6, 6.07) is 6.26. The van der Waals surface area contributed by atoms with Crippen molar-refractivity contribution in [1.82, 2.24) is 21.3 Å². The fourth-order valence-electron chi connectivity index (χ4n) is 4.95. The van der Waals surface area contributed by atoms with Gasteiger partial charge < -0.3 is 28.4 Å². The summed E-state index contributed by atoms with van der Waals surface area (Å²) in [5, 5.41) is 12.8. The summed E-state index contributed by atoms with van der Waals surface area (Å²) in [5.74, 6) is -1.21. The Morgan fingerprint density at radius 3 is 1.31 bits per heavy atom. The van der Waals surface area contributed by atoms with Crippen LogP contribution in [0.15, 0.2) is 24.3 Å². The Kier molecular flexibility index (Phi) is 7.56. The van der Waals surface area contributed by atoms with E-state index in [1.807, 2.05) is 0 Å². The number of hydrogen-bond donors (Lipinski definition) is 4. The minimum Gasteiger partial charge on any atom is -0.447 e. The SMILES string of the molecule is CC(OC(=O)c1cccc(C(=O)OC(C)(C2NCCO2)C2NCCO2)c1)(C1NCCO1)C1NCCO1. The summed E-state index contributed by atoms with van der Waals surface area (Å²) in [5.41, 5.74) is -1.84. The van der Waals surface area contributed by atoms with Gasteiger partial charge in [0.2, 0.25) is 0 Å². The van der Waals surface area contributed by atoms with Crippen LogP contribution in [0.25, 0.3) is 0 Å². The normalized spacial score (nSPS) is 31.6. The van der Waals surface area contributed by atoms with Crippen LogP contribution in [0.3, 0.4) is 0 Å². The third kappa shape index (κ3) is 5.00. The van der Waals surface area contributed by atoms with Crippen molar-refractivity contribution in [2.75, 3.05) is 52.6 Å². The van der Waals surface area contributed by atoms with Crippen LogP contribution in [0.1, 0.15) is 34.6 Å². The molecule has 12 heteroatoms. The molecule has 12 nitrogen and oxygen atoms in total. The quantitative estimate of drug-likeness (QED) is 0.332. The van der Waals surface area contributed by atoms with Crippen molar-refractivity contribution in [3.8, 4) is 0 Å². The van der Waals surface area contributed by atoms with Gasteiger partial charge >= 0.3 is 11.9 Å². The van der Waals surface area contributed by atoms with Crippen LogP contribution in [-0.2, 0) is 28.4 Å². The molecule has 0 radical (unpaired) electrons. The highest BCUT2D eigenvalue weighted by molar-refractivity contribution is 5.95. The van der Waals surface area contributed by atoms with Crippen molar-refractivity contribution in [3.05, 3.63) is 35.4 Å². The Morgan fingerprint density at radius 1 is 0.694 bits per heavy atom. The zero-order valence-electron chi connectivity index (χ0n) is 20.5. The second-order valence-electron chi connectivity index (χ2n) is 9.55. The highest BCUT2D eigenvalue weighted by Crippen LogP contribution is 2.30. The standard InChI is InChI=1S/C24H34N4O8/c1-23(19-25-6-10-31-19,20-26-7-11-32-20)35-17(29)15-4-3-5-16(14-15)18(30)36-24(2,21-27-8-12-33-21)22-28-9-13-34-22/h3-5,14,19-22,25-28H,6-13H2,1-2H3. The van der Waals surface area contributed by atoms with Gasteiger partial charge in [-0.25, -0.2) is 9.59 Å².